The Morgan fingerprint density at radius 3 is 1.30 bits per heavy atom. The first-order valence-electron chi connectivity index (χ1n) is 17.4. The van der Waals surface area contributed by atoms with Gasteiger partial charge in [0.25, 0.3) is 5.82 Å². The van der Waals surface area contributed by atoms with E-state index in [0.717, 1.165) is 0 Å². The molecular formula is C35H69N2+. The van der Waals surface area contributed by atoms with Gasteiger partial charge in [0, 0.05) is 6.42 Å². The first-order chi connectivity index (χ1) is 18.3. The quantitative estimate of drug-likeness (QED) is 0.0737. The smallest absolute Gasteiger partial charge is 0.234 e. The highest BCUT2D eigenvalue weighted by Crippen LogP contribution is 2.14. The largest absolute Gasteiger partial charge is 0.256 e. The molecule has 0 unspecified atom stereocenters. The Balaban J connectivity index is 2.26. The molecule has 0 amide bonds. The molecule has 1 aromatic rings. The molecule has 0 aromatic carbocycles. The molecule has 2 heteroatoms. The standard InChI is InChI=1S/C35H69N2/c1-4-7-10-13-15-17-18-19-20-21-23-26-29-32-37-34-33-36(31-28-25-12-9-6-3)35(37)30-27-24-22-16-14-11-8-5-2/h33-34H,4-32H2,1-3H3/q+1. The fourth-order valence-electron chi connectivity index (χ4n) is 5.80. The number of imidazole rings is 1. The third kappa shape index (κ3) is 19.9. The molecule has 218 valence electrons. The van der Waals surface area contributed by atoms with Gasteiger partial charge >= 0.3 is 0 Å². The van der Waals surface area contributed by atoms with E-state index in [4.69, 9.17) is 0 Å². The number of unbranched alkanes of at least 4 members (excludes halogenated alkanes) is 23. The number of aromatic nitrogens is 2. The van der Waals surface area contributed by atoms with Crippen molar-refractivity contribution >= 4 is 0 Å². The van der Waals surface area contributed by atoms with E-state index >= 15 is 0 Å². The average Bonchev–Trinajstić information content (AvgIpc) is 3.29. The van der Waals surface area contributed by atoms with Crippen LogP contribution >= 0.6 is 0 Å². The lowest BCUT2D eigenvalue weighted by atomic mass is 10.0. The lowest BCUT2D eigenvalue weighted by Crippen LogP contribution is -2.37. The van der Waals surface area contributed by atoms with E-state index in [1.54, 1.807) is 5.82 Å². The zero-order valence-corrected chi connectivity index (χ0v) is 26.1. The maximum atomic E-state index is 2.62. The van der Waals surface area contributed by atoms with E-state index in [1.807, 2.05) is 0 Å². The maximum absolute atomic E-state index is 2.62. The second-order valence-corrected chi connectivity index (χ2v) is 12.0. The van der Waals surface area contributed by atoms with Crippen LogP contribution in [0.4, 0.5) is 0 Å². The molecule has 0 aliphatic rings. The zero-order valence-electron chi connectivity index (χ0n) is 26.1. The van der Waals surface area contributed by atoms with Crippen LogP contribution in [-0.4, -0.2) is 4.57 Å². The van der Waals surface area contributed by atoms with Crippen molar-refractivity contribution < 1.29 is 4.57 Å². The fourth-order valence-corrected chi connectivity index (χ4v) is 5.80. The Labute approximate surface area is 234 Å². The first kappa shape index (κ1) is 34.2. The van der Waals surface area contributed by atoms with Crippen LogP contribution in [0.2, 0.25) is 0 Å². The van der Waals surface area contributed by atoms with Gasteiger partial charge in [0.2, 0.25) is 0 Å². The molecule has 2 nitrogen and oxygen atoms in total. The van der Waals surface area contributed by atoms with Gasteiger partial charge in [-0.1, -0.05) is 156 Å². The number of aryl methyl sites for hydroxylation is 2. The van der Waals surface area contributed by atoms with Gasteiger partial charge in [-0.05, 0) is 32.1 Å². The molecule has 0 aliphatic carbocycles. The molecule has 0 fully saturated rings. The summed E-state index contributed by atoms with van der Waals surface area (Å²) >= 11 is 0. The zero-order chi connectivity index (χ0) is 26.7. The predicted octanol–water partition coefficient (Wildman–Crippen LogP) is 11.5. The van der Waals surface area contributed by atoms with Gasteiger partial charge < -0.3 is 0 Å². The summed E-state index contributed by atoms with van der Waals surface area (Å²) in [6, 6.07) is 0. The van der Waals surface area contributed by atoms with Crippen molar-refractivity contribution in [2.75, 3.05) is 0 Å². The van der Waals surface area contributed by atoms with Gasteiger partial charge in [0.15, 0.2) is 0 Å². The van der Waals surface area contributed by atoms with Crippen molar-refractivity contribution in [2.45, 2.75) is 207 Å². The Morgan fingerprint density at radius 1 is 0.459 bits per heavy atom. The van der Waals surface area contributed by atoms with E-state index in [-0.39, 0.29) is 0 Å². The summed E-state index contributed by atoms with van der Waals surface area (Å²) in [7, 11) is 0. The van der Waals surface area contributed by atoms with E-state index < -0.39 is 0 Å². The normalized spacial score (nSPS) is 11.5. The molecule has 0 saturated carbocycles. The van der Waals surface area contributed by atoms with Gasteiger partial charge in [0.05, 0.1) is 13.1 Å². The number of nitrogens with zero attached hydrogens (tertiary/aromatic N) is 2. The highest BCUT2D eigenvalue weighted by molar-refractivity contribution is 4.84. The molecule has 0 bridgehead atoms. The van der Waals surface area contributed by atoms with Crippen molar-refractivity contribution in [3.05, 3.63) is 18.2 Å². The topological polar surface area (TPSA) is 8.81 Å². The van der Waals surface area contributed by atoms with Gasteiger partial charge in [-0.15, -0.1) is 0 Å². The SMILES string of the molecule is CCCCCCCCCCCCCCCn1cc[n+](CCCCCCC)c1CCCCCCCCCC. The fraction of sp³-hybridized carbons (Fsp3) is 0.914. The second kappa shape index (κ2) is 26.8. The highest BCUT2D eigenvalue weighted by Gasteiger charge is 2.16. The monoisotopic (exact) mass is 518 g/mol. The van der Waals surface area contributed by atoms with Gasteiger partial charge in [-0.3, -0.25) is 0 Å². The number of hydrogen-bond acceptors (Lipinski definition) is 0. The Kier molecular flexibility index (Phi) is 24.8. The summed E-state index contributed by atoms with van der Waals surface area (Å²) in [6.45, 7) is 9.39. The minimum Gasteiger partial charge on any atom is -0.234 e. The predicted molar refractivity (Wildman–Crippen MR) is 165 cm³/mol. The minimum absolute atomic E-state index is 1.22. The van der Waals surface area contributed by atoms with Gasteiger partial charge in [0.1, 0.15) is 12.4 Å². The van der Waals surface area contributed by atoms with Crippen molar-refractivity contribution in [1.82, 2.24) is 4.57 Å². The number of rotatable bonds is 29. The van der Waals surface area contributed by atoms with Gasteiger partial charge in [-0.2, -0.15) is 0 Å². The molecule has 0 atom stereocenters. The summed E-state index contributed by atoms with van der Waals surface area (Å²) in [5, 5.41) is 0. The second-order valence-electron chi connectivity index (χ2n) is 12.0. The van der Waals surface area contributed by atoms with Crippen molar-refractivity contribution in [3.8, 4) is 0 Å². The van der Waals surface area contributed by atoms with Crippen LogP contribution in [0.5, 0.6) is 0 Å². The molecule has 0 N–H and O–H groups in total. The van der Waals surface area contributed by atoms with Crippen LogP contribution in [0.3, 0.4) is 0 Å². The average molecular weight is 518 g/mol. The molecule has 1 aromatic heterocycles. The summed E-state index contributed by atoms with van der Waals surface area (Å²) in [5.41, 5.74) is 0. The Hall–Kier alpha value is -0.790. The molecule has 0 saturated heterocycles. The van der Waals surface area contributed by atoms with E-state index in [1.165, 1.54) is 186 Å². The first-order valence-corrected chi connectivity index (χ1v) is 17.4. The van der Waals surface area contributed by atoms with Gasteiger partial charge in [-0.25, -0.2) is 9.13 Å². The molecule has 0 radical (unpaired) electrons. The summed E-state index contributed by atoms with van der Waals surface area (Å²) < 4.78 is 5.22. The Bertz CT molecular complexity index is 576. The molecular weight excluding hydrogens is 448 g/mol. The lowest BCUT2D eigenvalue weighted by Gasteiger charge is -2.07. The van der Waals surface area contributed by atoms with Crippen LogP contribution in [0, 0.1) is 0 Å². The molecule has 1 heterocycles. The molecule has 1 rings (SSSR count). The van der Waals surface area contributed by atoms with E-state index in [2.05, 4.69) is 42.3 Å². The summed E-state index contributed by atoms with van der Waals surface area (Å²) in [5.74, 6) is 1.61. The minimum atomic E-state index is 1.22. The molecule has 0 aliphatic heterocycles. The van der Waals surface area contributed by atoms with E-state index in [9.17, 15) is 0 Å². The van der Waals surface area contributed by atoms with Crippen LogP contribution in [0.1, 0.15) is 194 Å². The van der Waals surface area contributed by atoms with E-state index in [0.29, 0.717) is 0 Å². The maximum Gasteiger partial charge on any atom is 0.256 e. The van der Waals surface area contributed by atoms with Crippen LogP contribution < -0.4 is 4.57 Å². The van der Waals surface area contributed by atoms with Crippen molar-refractivity contribution in [3.63, 3.8) is 0 Å². The Morgan fingerprint density at radius 2 is 0.838 bits per heavy atom. The van der Waals surface area contributed by atoms with Crippen LogP contribution in [-0.2, 0) is 19.5 Å². The molecule has 0 spiro atoms. The summed E-state index contributed by atoms with van der Waals surface area (Å²) in [4.78, 5) is 0. The third-order valence-corrected chi connectivity index (χ3v) is 8.35. The van der Waals surface area contributed by atoms with Crippen molar-refractivity contribution in [2.24, 2.45) is 0 Å². The summed E-state index contributed by atoms with van der Waals surface area (Å²) in [6.07, 6.45) is 42.9. The van der Waals surface area contributed by atoms with Crippen molar-refractivity contribution in [1.29, 1.82) is 0 Å². The van der Waals surface area contributed by atoms with Crippen LogP contribution in [0.25, 0.3) is 0 Å². The van der Waals surface area contributed by atoms with Crippen LogP contribution in [0.15, 0.2) is 12.4 Å². The third-order valence-electron chi connectivity index (χ3n) is 8.35. The number of hydrogen-bond donors (Lipinski definition) is 0. The lowest BCUT2D eigenvalue weighted by molar-refractivity contribution is -0.704. The molecule has 37 heavy (non-hydrogen) atoms. The highest BCUT2D eigenvalue weighted by atomic mass is 15.1.